The van der Waals surface area contributed by atoms with Gasteiger partial charge in [0.05, 0.1) is 11.5 Å². The van der Waals surface area contributed by atoms with Crippen LogP contribution in [0.3, 0.4) is 0 Å². The largest absolute Gasteiger partial charge is 0.360 e. The van der Waals surface area contributed by atoms with E-state index in [-0.39, 0.29) is 35.0 Å². The molecule has 1 aliphatic rings. The summed E-state index contributed by atoms with van der Waals surface area (Å²) in [6.07, 6.45) is 0.928. The lowest BCUT2D eigenvalue weighted by atomic mass is 9.99. The van der Waals surface area contributed by atoms with Crippen molar-refractivity contribution in [1.82, 2.24) is 20.3 Å². The molecular formula is C18H21FN4O5S. The van der Waals surface area contributed by atoms with Gasteiger partial charge < -0.3 is 4.52 Å². The standard InChI is InChI=1S/C18H21FN4O5S/c1-11-16(12(2)28-22-11)29(26,27)23-9-5-6-13(10-23)17(24)20-21-18(25)14-7-3-4-8-15(14)19/h3-4,7-8,13H,5-6,9-10H2,1-2H3,(H,20,24)(H,21,25). The Morgan fingerprint density at radius 1 is 1.24 bits per heavy atom. The number of carbonyl (C=O) groups is 2. The molecule has 1 unspecified atom stereocenters. The normalized spacial score (nSPS) is 17.7. The van der Waals surface area contributed by atoms with Gasteiger partial charge in [0.2, 0.25) is 15.9 Å². The van der Waals surface area contributed by atoms with E-state index in [0.29, 0.717) is 12.8 Å². The van der Waals surface area contributed by atoms with Gasteiger partial charge in [-0.15, -0.1) is 0 Å². The average Bonchev–Trinajstić information content (AvgIpc) is 3.05. The second kappa shape index (κ2) is 8.29. The van der Waals surface area contributed by atoms with Crippen LogP contribution in [0.2, 0.25) is 0 Å². The topological polar surface area (TPSA) is 122 Å². The smallest absolute Gasteiger partial charge is 0.272 e. The van der Waals surface area contributed by atoms with Crippen LogP contribution in [-0.4, -0.2) is 42.8 Å². The maximum atomic E-state index is 13.6. The first kappa shape index (κ1) is 20.9. The number of hydrogen-bond acceptors (Lipinski definition) is 6. The van der Waals surface area contributed by atoms with Gasteiger partial charge in [-0.2, -0.15) is 4.31 Å². The minimum Gasteiger partial charge on any atom is -0.360 e. The Morgan fingerprint density at radius 2 is 1.97 bits per heavy atom. The number of aryl methyl sites for hydroxylation is 2. The van der Waals surface area contributed by atoms with E-state index in [1.54, 1.807) is 0 Å². The molecule has 1 aromatic heterocycles. The minimum absolute atomic E-state index is 0.00594. The number of sulfonamides is 1. The molecule has 2 N–H and O–H groups in total. The molecule has 1 aromatic carbocycles. The molecule has 0 spiro atoms. The summed E-state index contributed by atoms with van der Waals surface area (Å²) in [5.41, 5.74) is 4.46. The lowest BCUT2D eigenvalue weighted by Crippen LogP contribution is -2.50. The number of rotatable bonds is 4. The van der Waals surface area contributed by atoms with Gasteiger partial charge in [0.1, 0.15) is 16.4 Å². The van der Waals surface area contributed by atoms with Crippen molar-refractivity contribution < 1.29 is 26.9 Å². The first-order chi connectivity index (χ1) is 13.7. The molecule has 3 rings (SSSR count). The van der Waals surface area contributed by atoms with Crippen LogP contribution < -0.4 is 10.9 Å². The summed E-state index contributed by atoms with van der Waals surface area (Å²) < 4.78 is 45.7. The summed E-state index contributed by atoms with van der Waals surface area (Å²) in [7, 11) is -3.87. The van der Waals surface area contributed by atoms with Crippen molar-refractivity contribution in [3.05, 3.63) is 47.1 Å². The zero-order valence-electron chi connectivity index (χ0n) is 15.9. The van der Waals surface area contributed by atoms with E-state index in [1.165, 1.54) is 36.4 Å². The molecule has 1 atom stereocenters. The highest BCUT2D eigenvalue weighted by Gasteiger charge is 2.36. The van der Waals surface area contributed by atoms with Crippen molar-refractivity contribution in [2.75, 3.05) is 13.1 Å². The maximum absolute atomic E-state index is 13.6. The molecule has 2 amide bonds. The molecular weight excluding hydrogens is 403 g/mol. The van der Waals surface area contributed by atoms with Gasteiger partial charge in [0, 0.05) is 13.1 Å². The summed E-state index contributed by atoms with van der Waals surface area (Å²) >= 11 is 0. The van der Waals surface area contributed by atoms with Gasteiger partial charge in [0.25, 0.3) is 5.91 Å². The number of aromatic nitrogens is 1. The third-order valence-corrected chi connectivity index (χ3v) is 6.85. The predicted octanol–water partition coefficient (Wildman–Crippen LogP) is 1.29. The van der Waals surface area contributed by atoms with Crippen molar-refractivity contribution in [2.24, 2.45) is 5.92 Å². The quantitative estimate of drug-likeness (QED) is 0.714. The lowest BCUT2D eigenvalue weighted by molar-refractivity contribution is -0.126. The zero-order chi connectivity index (χ0) is 21.2. The Balaban J connectivity index is 1.65. The highest BCUT2D eigenvalue weighted by molar-refractivity contribution is 7.89. The SMILES string of the molecule is Cc1noc(C)c1S(=O)(=O)N1CCCC(C(=O)NNC(=O)c2ccccc2F)C1. The molecule has 29 heavy (non-hydrogen) atoms. The summed E-state index contributed by atoms with van der Waals surface area (Å²) in [5, 5.41) is 3.68. The van der Waals surface area contributed by atoms with Gasteiger partial charge in [-0.1, -0.05) is 17.3 Å². The summed E-state index contributed by atoms with van der Waals surface area (Å²) in [5.74, 6) is -2.54. The molecule has 0 saturated carbocycles. The molecule has 0 aliphatic carbocycles. The molecule has 9 nitrogen and oxygen atoms in total. The van der Waals surface area contributed by atoms with Crippen LogP contribution in [0.5, 0.6) is 0 Å². The minimum atomic E-state index is -3.87. The fourth-order valence-corrected chi connectivity index (χ4v) is 5.09. The van der Waals surface area contributed by atoms with E-state index < -0.39 is 33.6 Å². The Bertz CT molecular complexity index is 1020. The molecule has 0 bridgehead atoms. The van der Waals surface area contributed by atoms with E-state index in [1.807, 2.05) is 0 Å². The Labute approximate surface area is 167 Å². The Kier molecular flexibility index (Phi) is 5.99. The average molecular weight is 424 g/mol. The molecule has 2 aromatic rings. The highest BCUT2D eigenvalue weighted by atomic mass is 32.2. The fraction of sp³-hybridized carbons (Fsp3) is 0.389. The van der Waals surface area contributed by atoms with Crippen molar-refractivity contribution in [1.29, 1.82) is 0 Å². The van der Waals surface area contributed by atoms with Crippen molar-refractivity contribution in [3.8, 4) is 0 Å². The Hall–Kier alpha value is -2.79. The van der Waals surface area contributed by atoms with E-state index in [4.69, 9.17) is 4.52 Å². The first-order valence-corrected chi connectivity index (χ1v) is 10.4. The van der Waals surface area contributed by atoms with Crippen LogP contribution in [0, 0.1) is 25.6 Å². The number of piperidine rings is 1. The van der Waals surface area contributed by atoms with Crippen LogP contribution in [-0.2, 0) is 14.8 Å². The van der Waals surface area contributed by atoms with E-state index >= 15 is 0 Å². The second-order valence-corrected chi connectivity index (χ2v) is 8.65. The third-order valence-electron chi connectivity index (χ3n) is 4.74. The van der Waals surface area contributed by atoms with Crippen LogP contribution >= 0.6 is 0 Å². The number of benzene rings is 1. The highest BCUT2D eigenvalue weighted by Crippen LogP contribution is 2.27. The van der Waals surface area contributed by atoms with Gasteiger partial charge in [-0.3, -0.25) is 20.4 Å². The molecule has 2 heterocycles. The van der Waals surface area contributed by atoms with Gasteiger partial charge in [-0.25, -0.2) is 12.8 Å². The number of amides is 2. The van der Waals surface area contributed by atoms with Crippen molar-refractivity contribution in [3.63, 3.8) is 0 Å². The second-order valence-electron chi connectivity index (χ2n) is 6.78. The predicted molar refractivity (Wildman–Crippen MR) is 99.5 cm³/mol. The number of hydrogen-bond donors (Lipinski definition) is 2. The van der Waals surface area contributed by atoms with E-state index in [2.05, 4.69) is 16.0 Å². The van der Waals surface area contributed by atoms with Gasteiger partial charge in [0.15, 0.2) is 5.76 Å². The molecule has 0 radical (unpaired) electrons. The van der Waals surface area contributed by atoms with Crippen LogP contribution in [0.4, 0.5) is 4.39 Å². The summed E-state index contributed by atoms with van der Waals surface area (Å²) in [6.45, 7) is 3.26. The maximum Gasteiger partial charge on any atom is 0.272 e. The van der Waals surface area contributed by atoms with Gasteiger partial charge in [-0.05, 0) is 38.8 Å². The van der Waals surface area contributed by atoms with Crippen molar-refractivity contribution in [2.45, 2.75) is 31.6 Å². The molecule has 1 fully saturated rings. The van der Waals surface area contributed by atoms with Crippen LogP contribution in [0.25, 0.3) is 0 Å². The summed E-state index contributed by atoms with van der Waals surface area (Å²) in [6, 6.07) is 5.36. The molecule has 1 aliphatic heterocycles. The third kappa shape index (κ3) is 4.30. The van der Waals surface area contributed by atoms with E-state index in [0.717, 1.165) is 6.07 Å². The van der Waals surface area contributed by atoms with Crippen LogP contribution in [0.15, 0.2) is 33.7 Å². The monoisotopic (exact) mass is 424 g/mol. The number of nitrogens with one attached hydrogen (secondary N) is 2. The summed E-state index contributed by atoms with van der Waals surface area (Å²) in [4.78, 5) is 24.5. The fourth-order valence-electron chi connectivity index (χ4n) is 3.28. The molecule has 1 saturated heterocycles. The molecule has 156 valence electrons. The zero-order valence-corrected chi connectivity index (χ0v) is 16.8. The Morgan fingerprint density at radius 3 is 2.62 bits per heavy atom. The number of hydrazine groups is 1. The van der Waals surface area contributed by atoms with Crippen molar-refractivity contribution >= 4 is 21.8 Å². The lowest BCUT2D eigenvalue weighted by Gasteiger charge is -2.31. The number of halogens is 1. The molecule has 11 heteroatoms. The number of carbonyl (C=O) groups excluding carboxylic acids is 2. The number of nitrogens with zero attached hydrogens (tertiary/aromatic N) is 2. The van der Waals surface area contributed by atoms with Crippen LogP contribution in [0.1, 0.15) is 34.7 Å². The first-order valence-electron chi connectivity index (χ1n) is 8.99. The van der Waals surface area contributed by atoms with Gasteiger partial charge >= 0.3 is 0 Å². The van der Waals surface area contributed by atoms with E-state index in [9.17, 15) is 22.4 Å².